The second kappa shape index (κ2) is 10.1. The Labute approximate surface area is 217 Å². The number of carbonyl (C=O) groups is 1. The molecule has 38 heavy (non-hydrogen) atoms. The molecule has 0 aliphatic heterocycles. The zero-order chi connectivity index (χ0) is 26.9. The molecule has 0 spiro atoms. The van der Waals surface area contributed by atoms with Crippen molar-refractivity contribution >= 4 is 5.78 Å². The first-order valence-corrected chi connectivity index (χ1v) is 11.8. The maximum Gasteiger partial charge on any atom is 0.416 e. The fraction of sp³-hybridized carbons (Fsp3) is 0.167. The van der Waals surface area contributed by atoms with Crippen LogP contribution in [0.25, 0.3) is 0 Å². The molecule has 4 aromatic rings. The summed E-state index contributed by atoms with van der Waals surface area (Å²) < 4.78 is 56.0. The predicted octanol–water partition coefficient (Wildman–Crippen LogP) is 6.71. The van der Waals surface area contributed by atoms with E-state index < -0.39 is 17.5 Å². The maximum atomic E-state index is 13.7. The van der Waals surface area contributed by atoms with Crippen LogP contribution in [0.2, 0.25) is 0 Å². The summed E-state index contributed by atoms with van der Waals surface area (Å²) in [5, 5.41) is 10.6. The number of phenols is 1. The molecule has 0 amide bonds. The van der Waals surface area contributed by atoms with Crippen molar-refractivity contribution in [3.05, 3.63) is 118 Å². The van der Waals surface area contributed by atoms with Crippen molar-refractivity contribution in [3.63, 3.8) is 0 Å². The van der Waals surface area contributed by atoms with Gasteiger partial charge in [0.25, 0.3) is 0 Å². The Hall–Kier alpha value is -4.46. The highest BCUT2D eigenvalue weighted by atomic mass is 19.4. The standard InChI is InChI=1S/C30H23F3O5/c1-36-22-13-20-14-23-25(37-16-18-5-3-2-4-6-18)12-11-24(34)28(23)29(35)27(20)26(15-22)38-17-19-7-9-21(10-8-19)30(31,32)33/h2-13,15,34H,14,16-17H2,1H3. The van der Waals surface area contributed by atoms with Crippen molar-refractivity contribution in [2.24, 2.45) is 0 Å². The average molecular weight is 521 g/mol. The van der Waals surface area contributed by atoms with Crippen LogP contribution in [0.1, 0.15) is 43.7 Å². The van der Waals surface area contributed by atoms with Gasteiger partial charge in [-0.3, -0.25) is 4.79 Å². The third-order valence-corrected chi connectivity index (χ3v) is 6.38. The molecule has 5 rings (SSSR count). The van der Waals surface area contributed by atoms with Crippen molar-refractivity contribution in [2.45, 2.75) is 25.8 Å². The number of carbonyl (C=O) groups excluding carboxylic acids is 1. The monoisotopic (exact) mass is 520 g/mol. The van der Waals surface area contributed by atoms with E-state index in [1.54, 1.807) is 18.2 Å². The van der Waals surface area contributed by atoms with Crippen LogP contribution in [0.3, 0.4) is 0 Å². The molecule has 0 saturated heterocycles. The van der Waals surface area contributed by atoms with Crippen LogP contribution in [0.15, 0.2) is 78.9 Å². The summed E-state index contributed by atoms with van der Waals surface area (Å²) in [7, 11) is 1.49. The van der Waals surface area contributed by atoms with E-state index in [0.29, 0.717) is 34.8 Å². The SMILES string of the molecule is COc1cc2c(c(OCc3ccc(C(F)(F)F)cc3)c1)C(=O)c1c(O)ccc(OCc3ccccc3)c1C2. The molecule has 194 valence electrons. The van der Waals surface area contributed by atoms with Crippen molar-refractivity contribution < 1.29 is 37.3 Å². The Kier molecular flexibility index (Phi) is 6.72. The van der Waals surface area contributed by atoms with Crippen LogP contribution >= 0.6 is 0 Å². The van der Waals surface area contributed by atoms with Crippen LogP contribution in [0, 0.1) is 0 Å². The van der Waals surface area contributed by atoms with Gasteiger partial charge >= 0.3 is 6.18 Å². The van der Waals surface area contributed by atoms with E-state index in [2.05, 4.69) is 0 Å². The van der Waals surface area contributed by atoms with E-state index in [-0.39, 0.29) is 35.7 Å². The van der Waals surface area contributed by atoms with E-state index in [1.807, 2.05) is 30.3 Å². The van der Waals surface area contributed by atoms with Crippen LogP contribution < -0.4 is 14.2 Å². The highest BCUT2D eigenvalue weighted by Gasteiger charge is 2.33. The topological polar surface area (TPSA) is 65.0 Å². The Bertz CT molecular complexity index is 1480. The largest absolute Gasteiger partial charge is 0.507 e. The molecule has 0 bridgehead atoms. The number of fused-ring (bicyclic) bond motifs is 2. The van der Waals surface area contributed by atoms with Gasteiger partial charge < -0.3 is 19.3 Å². The molecule has 0 atom stereocenters. The second-order valence-electron chi connectivity index (χ2n) is 8.86. The molecule has 1 aliphatic carbocycles. The minimum absolute atomic E-state index is 0.0654. The van der Waals surface area contributed by atoms with E-state index in [0.717, 1.165) is 17.7 Å². The second-order valence-corrected chi connectivity index (χ2v) is 8.86. The van der Waals surface area contributed by atoms with Crippen LogP contribution in [0.5, 0.6) is 23.0 Å². The summed E-state index contributed by atoms with van der Waals surface area (Å²) in [4.78, 5) is 13.7. The van der Waals surface area contributed by atoms with E-state index >= 15 is 0 Å². The van der Waals surface area contributed by atoms with Crippen LogP contribution in [-0.2, 0) is 25.8 Å². The highest BCUT2D eigenvalue weighted by molar-refractivity contribution is 6.16. The highest BCUT2D eigenvalue weighted by Crippen LogP contribution is 2.43. The maximum absolute atomic E-state index is 13.7. The van der Waals surface area contributed by atoms with Crippen molar-refractivity contribution in [1.82, 2.24) is 0 Å². The number of benzene rings is 4. The molecule has 1 aliphatic rings. The number of hydrogen-bond donors (Lipinski definition) is 1. The zero-order valence-corrected chi connectivity index (χ0v) is 20.3. The molecular weight excluding hydrogens is 497 g/mol. The molecule has 4 aromatic carbocycles. The summed E-state index contributed by atoms with van der Waals surface area (Å²) >= 11 is 0. The van der Waals surface area contributed by atoms with Gasteiger partial charge in [0, 0.05) is 18.1 Å². The van der Waals surface area contributed by atoms with Gasteiger partial charge in [0.2, 0.25) is 5.78 Å². The van der Waals surface area contributed by atoms with Crippen molar-refractivity contribution in [2.75, 3.05) is 7.11 Å². The first kappa shape index (κ1) is 25.2. The lowest BCUT2D eigenvalue weighted by molar-refractivity contribution is -0.137. The number of rotatable bonds is 7. The van der Waals surface area contributed by atoms with E-state index in [1.165, 1.54) is 25.3 Å². The lowest BCUT2D eigenvalue weighted by Crippen LogP contribution is -2.18. The van der Waals surface area contributed by atoms with Gasteiger partial charge in [0.15, 0.2) is 0 Å². The molecular formula is C30H23F3O5. The molecule has 5 nitrogen and oxygen atoms in total. The third kappa shape index (κ3) is 5.02. The van der Waals surface area contributed by atoms with E-state index in [4.69, 9.17) is 14.2 Å². The van der Waals surface area contributed by atoms with Gasteiger partial charge in [-0.05, 0) is 47.0 Å². The predicted molar refractivity (Wildman–Crippen MR) is 134 cm³/mol. The quantitative estimate of drug-likeness (QED) is 0.258. The van der Waals surface area contributed by atoms with Gasteiger partial charge in [-0.15, -0.1) is 0 Å². The molecule has 0 aromatic heterocycles. The summed E-state index contributed by atoms with van der Waals surface area (Å²) in [6.07, 6.45) is -4.15. The normalized spacial score (nSPS) is 12.5. The molecule has 0 fully saturated rings. The number of hydrogen-bond acceptors (Lipinski definition) is 5. The molecule has 1 N–H and O–H groups in total. The number of phenolic OH excluding ortho intramolecular Hbond substituents is 1. The van der Waals surface area contributed by atoms with Gasteiger partial charge in [-0.25, -0.2) is 0 Å². The first-order valence-electron chi connectivity index (χ1n) is 11.8. The number of alkyl halides is 3. The Morgan fingerprint density at radius 3 is 2.13 bits per heavy atom. The number of ether oxygens (including phenoxy) is 3. The van der Waals surface area contributed by atoms with Crippen LogP contribution in [0.4, 0.5) is 13.2 Å². The smallest absolute Gasteiger partial charge is 0.416 e. The summed E-state index contributed by atoms with van der Waals surface area (Å²) in [5.41, 5.74) is 2.27. The molecule has 0 radical (unpaired) electrons. The first-order chi connectivity index (χ1) is 18.2. The lowest BCUT2D eigenvalue weighted by atomic mass is 9.83. The third-order valence-electron chi connectivity index (χ3n) is 6.38. The molecule has 0 unspecified atom stereocenters. The van der Waals surface area contributed by atoms with Crippen LogP contribution in [-0.4, -0.2) is 18.0 Å². The Morgan fingerprint density at radius 1 is 0.816 bits per heavy atom. The summed E-state index contributed by atoms with van der Waals surface area (Å²) in [6, 6.07) is 20.5. The molecule has 8 heteroatoms. The van der Waals surface area contributed by atoms with E-state index in [9.17, 15) is 23.1 Å². The molecule has 0 heterocycles. The fourth-order valence-electron chi connectivity index (χ4n) is 4.46. The average Bonchev–Trinajstić information content (AvgIpc) is 2.91. The number of methoxy groups -OCH3 is 1. The number of ketones is 1. The number of halogens is 3. The van der Waals surface area contributed by atoms with Gasteiger partial charge in [0.05, 0.1) is 23.8 Å². The molecule has 0 saturated carbocycles. The van der Waals surface area contributed by atoms with Gasteiger partial charge in [-0.1, -0.05) is 42.5 Å². The van der Waals surface area contributed by atoms with Crippen molar-refractivity contribution in [1.29, 1.82) is 0 Å². The minimum atomic E-state index is -4.43. The van der Waals surface area contributed by atoms with Crippen molar-refractivity contribution in [3.8, 4) is 23.0 Å². The Balaban J connectivity index is 1.45. The lowest BCUT2D eigenvalue weighted by Gasteiger charge is -2.25. The fourth-order valence-corrected chi connectivity index (χ4v) is 4.46. The Morgan fingerprint density at radius 2 is 1.47 bits per heavy atom. The number of aromatic hydroxyl groups is 1. The zero-order valence-electron chi connectivity index (χ0n) is 20.3. The minimum Gasteiger partial charge on any atom is -0.507 e. The van der Waals surface area contributed by atoms with Gasteiger partial charge in [-0.2, -0.15) is 13.2 Å². The summed E-state index contributed by atoms with van der Waals surface area (Å²) in [5.74, 6) is 0.538. The summed E-state index contributed by atoms with van der Waals surface area (Å²) in [6.45, 7) is 0.225. The van der Waals surface area contributed by atoms with Gasteiger partial charge in [0.1, 0.15) is 36.2 Å².